The summed E-state index contributed by atoms with van der Waals surface area (Å²) in [4.78, 5) is 4.74. The van der Waals surface area contributed by atoms with Crippen molar-refractivity contribution in [3.8, 4) is 56.4 Å². The third-order valence-electron chi connectivity index (χ3n) is 10.4. The van der Waals surface area contributed by atoms with Gasteiger partial charge in [-0.25, -0.2) is 4.98 Å². The molecule has 0 radical (unpaired) electrons. The Morgan fingerprint density at radius 1 is 0.614 bits per heavy atom. The first kappa shape index (κ1) is 37.8. The molecule has 282 valence electrons. The quantitative estimate of drug-likeness (QED) is 0.0963. The SMILES string of the molecule is CCCc1nn(-c2[c-]c(Oc3[c-]c4c(cc3)c3ccccc3n4-c3cc(C)ccn3)ccc2)c(CCC)c1-c1c(-c2ccccc2)cccc1-c1ccccc1.[Pd+2]. The number of hydrogen-bond acceptors (Lipinski definition) is 3. The molecule has 0 atom stereocenters. The number of nitrogens with zero attached hydrogens (tertiary/aromatic N) is 4. The van der Waals surface area contributed by atoms with Crippen molar-refractivity contribution in [1.29, 1.82) is 0 Å². The molecule has 9 rings (SSSR count). The van der Waals surface area contributed by atoms with Crippen molar-refractivity contribution in [3.05, 3.63) is 181 Å². The molecule has 3 aromatic heterocycles. The molecule has 5 nitrogen and oxygen atoms in total. The summed E-state index contributed by atoms with van der Waals surface area (Å²) < 4.78 is 10.9. The standard InChI is InChI=1S/C51H42N4O.Pd/c1-4-16-45-51(50-41(36-18-8-6-9-19-36)25-15-26-42(50)37-20-10-7-11-21-37)47(17-5-2)55(53-45)38-22-14-23-39(33-38)56-40-28-29-44-43-24-12-13-27-46(43)54(48(44)34-40)49-32-35(3)30-31-52-49;/h6-15,18-32H,4-5,16-17H2,1-3H3;/q-2;+2. The van der Waals surface area contributed by atoms with Crippen LogP contribution >= 0.6 is 0 Å². The molecule has 0 bridgehead atoms. The third-order valence-corrected chi connectivity index (χ3v) is 10.4. The topological polar surface area (TPSA) is 44.9 Å². The van der Waals surface area contributed by atoms with E-state index in [1.54, 1.807) is 0 Å². The number of benzene rings is 6. The van der Waals surface area contributed by atoms with Crippen LogP contribution in [0.3, 0.4) is 0 Å². The molecule has 3 heterocycles. The molecule has 57 heavy (non-hydrogen) atoms. The fourth-order valence-corrected chi connectivity index (χ4v) is 7.96. The molecular formula is C51H42N4OPd. The number of hydrogen-bond donors (Lipinski definition) is 0. The minimum absolute atomic E-state index is 0. The van der Waals surface area contributed by atoms with Crippen molar-refractivity contribution >= 4 is 21.8 Å². The zero-order chi connectivity index (χ0) is 38.0. The maximum Gasteiger partial charge on any atom is 2.00 e. The van der Waals surface area contributed by atoms with E-state index in [2.05, 4.69) is 163 Å². The molecule has 0 aliphatic carbocycles. The van der Waals surface area contributed by atoms with Gasteiger partial charge in [0.25, 0.3) is 0 Å². The zero-order valence-electron chi connectivity index (χ0n) is 32.3. The van der Waals surface area contributed by atoms with Crippen molar-refractivity contribution in [2.45, 2.75) is 46.5 Å². The Balaban J connectivity index is 0.00000455. The zero-order valence-corrected chi connectivity index (χ0v) is 33.8. The Kier molecular flexibility index (Phi) is 11.0. The molecule has 0 N–H and O–H groups in total. The summed E-state index contributed by atoms with van der Waals surface area (Å²) in [6, 6.07) is 58.0. The van der Waals surface area contributed by atoms with Gasteiger partial charge in [-0.1, -0.05) is 129 Å². The minimum Gasteiger partial charge on any atom is -0.509 e. The Bertz CT molecular complexity index is 2760. The Hall–Kier alpha value is -6.06. The van der Waals surface area contributed by atoms with Crippen LogP contribution in [0, 0.1) is 19.1 Å². The molecule has 6 aromatic carbocycles. The van der Waals surface area contributed by atoms with E-state index in [1.165, 1.54) is 39.1 Å². The van der Waals surface area contributed by atoms with E-state index in [-0.39, 0.29) is 20.4 Å². The van der Waals surface area contributed by atoms with E-state index in [0.29, 0.717) is 11.5 Å². The second-order valence-electron chi connectivity index (χ2n) is 14.3. The molecule has 0 spiro atoms. The van der Waals surface area contributed by atoms with Gasteiger partial charge in [0.2, 0.25) is 0 Å². The largest absolute Gasteiger partial charge is 2.00 e. The second kappa shape index (κ2) is 16.6. The van der Waals surface area contributed by atoms with Crippen LogP contribution < -0.4 is 4.74 Å². The molecule has 9 aromatic rings. The maximum absolute atomic E-state index is 6.60. The molecule has 6 heteroatoms. The molecule has 0 fully saturated rings. The fourth-order valence-electron chi connectivity index (χ4n) is 7.96. The molecule has 0 saturated carbocycles. The summed E-state index contributed by atoms with van der Waals surface area (Å²) in [5.41, 5.74) is 13.4. The van der Waals surface area contributed by atoms with Crippen molar-refractivity contribution in [3.63, 3.8) is 0 Å². The summed E-state index contributed by atoms with van der Waals surface area (Å²) >= 11 is 0. The van der Waals surface area contributed by atoms with E-state index in [1.807, 2.05) is 30.5 Å². The first-order valence-corrected chi connectivity index (χ1v) is 19.5. The summed E-state index contributed by atoms with van der Waals surface area (Å²) in [5, 5.41) is 7.65. The van der Waals surface area contributed by atoms with Crippen LogP contribution in [0.5, 0.6) is 11.5 Å². The molecular weight excluding hydrogens is 791 g/mol. The Labute approximate surface area is 348 Å². The van der Waals surface area contributed by atoms with Crippen molar-refractivity contribution in [1.82, 2.24) is 19.3 Å². The van der Waals surface area contributed by atoms with E-state index in [9.17, 15) is 0 Å². The average molecular weight is 833 g/mol. The van der Waals surface area contributed by atoms with E-state index in [4.69, 9.17) is 14.8 Å². The second-order valence-corrected chi connectivity index (χ2v) is 14.3. The van der Waals surface area contributed by atoms with Crippen LogP contribution in [0.2, 0.25) is 0 Å². The molecule has 0 aliphatic rings. The Morgan fingerprint density at radius 2 is 1.28 bits per heavy atom. The van der Waals surface area contributed by atoms with Gasteiger partial charge in [-0.2, -0.15) is 17.2 Å². The summed E-state index contributed by atoms with van der Waals surface area (Å²) in [6.45, 7) is 6.55. The molecule has 0 unspecified atom stereocenters. The predicted octanol–water partition coefficient (Wildman–Crippen LogP) is 13.0. The van der Waals surface area contributed by atoms with Crippen molar-refractivity contribution < 1.29 is 25.2 Å². The Morgan fingerprint density at radius 3 is 1.98 bits per heavy atom. The first-order valence-electron chi connectivity index (χ1n) is 19.5. The fraction of sp³-hybridized carbons (Fsp3) is 0.137. The van der Waals surface area contributed by atoms with E-state index < -0.39 is 0 Å². The van der Waals surface area contributed by atoms with Crippen molar-refractivity contribution in [2.75, 3.05) is 0 Å². The van der Waals surface area contributed by atoms with Crippen LogP contribution in [-0.4, -0.2) is 19.3 Å². The monoisotopic (exact) mass is 832 g/mol. The van der Waals surface area contributed by atoms with Gasteiger partial charge < -0.3 is 9.30 Å². The number of aryl methyl sites for hydroxylation is 2. The van der Waals surface area contributed by atoms with Gasteiger partial charge in [-0.15, -0.1) is 35.7 Å². The van der Waals surface area contributed by atoms with Gasteiger partial charge in [0.15, 0.2) is 0 Å². The molecule has 0 aliphatic heterocycles. The van der Waals surface area contributed by atoms with Crippen LogP contribution in [0.4, 0.5) is 0 Å². The number of pyridine rings is 1. The number of aromatic nitrogens is 4. The van der Waals surface area contributed by atoms with Gasteiger partial charge in [-0.05, 0) is 76.9 Å². The van der Waals surface area contributed by atoms with Crippen LogP contribution in [0.25, 0.3) is 66.7 Å². The third kappa shape index (κ3) is 7.24. The first-order chi connectivity index (χ1) is 27.6. The van der Waals surface area contributed by atoms with E-state index in [0.717, 1.165) is 70.3 Å². The van der Waals surface area contributed by atoms with Crippen LogP contribution in [0.1, 0.15) is 43.6 Å². The van der Waals surface area contributed by atoms with Gasteiger partial charge in [0.1, 0.15) is 5.82 Å². The number of rotatable bonds is 11. The van der Waals surface area contributed by atoms with Crippen molar-refractivity contribution in [2.24, 2.45) is 0 Å². The smallest absolute Gasteiger partial charge is 0.509 e. The maximum atomic E-state index is 6.60. The minimum atomic E-state index is 0. The van der Waals surface area contributed by atoms with Crippen LogP contribution in [-0.2, 0) is 33.3 Å². The summed E-state index contributed by atoms with van der Waals surface area (Å²) in [5.74, 6) is 2.05. The van der Waals surface area contributed by atoms with E-state index >= 15 is 0 Å². The van der Waals surface area contributed by atoms with Gasteiger partial charge in [-0.3, -0.25) is 4.68 Å². The van der Waals surface area contributed by atoms with Gasteiger partial charge >= 0.3 is 20.4 Å². The van der Waals surface area contributed by atoms with Gasteiger partial charge in [0, 0.05) is 40.0 Å². The molecule has 0 saturated heterocycles. The summed E-state index contributed by atoms with van der Waals surface area (Å²) in [7, 11) is 0. The number of ether oxygens (including phenoxy) is 1. The molecule has 0 amide bonds. The predicted molar refractivity (Wildman–Crippen MR) is 229 cm³/mol. The number of para-hydroxylation sites is 1. The normalized spacial score (nSPS) is 11.2. The number of fused-ring (bicyclic) bond motifs is 3. The average Bonchev–Trinajstić information content (AvgIpc) is 3.76. The summed E-state index contributed by atoms with van der Waals surface area (Å²) in [6.07, 6.45) is 5.50. The van der Waals surface area contributed by atoms with Crippen LogP contribution in [0.15, 0.2) is 152 Å². The van der Waals surface area contributed by atoms with Gasteiger partial charge in [0.05, 0.1) is 5.69 Å².